The van der Waals surface area contributed by atoms with Gasteiger partial charge in [-0.05, 0) is 43.2 Å². The van der Waals surface area contributed by atoms with Crippen LogP contribution in [0.5, 0.6) is 11.5 Å². The van der Waals surface area contributed by atoms with Gasteiger partial charge in [-0.1, -0.05) is 19.1 Å². The van der Waals surface area contributed by atoms with Crippen LogP contribution in [0, 0.1) is 6.92 Å². The number of amides is 1. The molecule has 0 bridgehead atoms. The minimum absolute atomic E-state index is 0.265. The molecule has 0 radical (unpaired) electrons. The summed E-state index contributed by atoms with van der Waals surface area (Å²) in [6.07, 6.45) is 0.947. The number of aryl methyl sites for hydroxylation is 2. The number of hydrogen-bond acceptors (Lipinski definition) is 6. The van der Waals surface area contributed by atoms with E-state index in [9.17, 15) is 4.79 Å². The molecule has 0 aliphatic heterocycles. The van der Waals surface area contributed by atoms with Crippen molar-refractivity contribution in [3.63, 3.8) is 0 Å². The summed E-state index contributed by atoms with van der Waals surface area (Å²) in [5.74, 6) is 1.95. The van der Waals surface area contributed by atoms with Crippen molar-refractivity contribution in [3.8, 4) is 11.5 Å². The average Bonchev–Trinajstić information content (AvgIpc) is 2.73. The molecule has 0 aliphatic rings. The number of rotatable bonds is 7. The van der Waals surface area contributed by atoms with Crippen LogP contribution in [0.15, 0.2) is 48.5 Å². The highest BCUT2D eigenvalue weighted by Gasteiger charge is 2.13. The Morgan fingerprint density at radius 3 is 2.41 bits per heavy atom. The highest BCUT2D eigenvalue weighted by atomic mass is 16.5. The topological polar surface area (TPSA) is 85.4 Å². The molecule has 7 nitrogen and oxygen atoms in total. The van der Waals surface area contributed by atoms with E-state index in [0.29, 0.717) is 34.5 Å². The van der Waals surface area contributed by atoms with Crippen molar-refractivity contribution in [2.24, 2.45) is 0 Å². The van der Waals surface area contributed by atoms with Crippen LogP contribution < -0.4 is 20.1 Å². The Morgan fingerprint density at radius 2 is 1.76 bits per heavy atom. The van der Waals surface area contributed by atoms with Gasteiger partial charge in [0.15, 0.2) is 0 Å². The van der Waals surface area contributed by atoms with E-state index in [4.69, 9.17) is 9.47 Å². The van der Waals surface area contributed by atoms with Crippen LogP contribution in [0.1, 0.15) is 28.8 Å². The molecule has 0 saturated carbocycles. The Labute approximate surface area is 170 Å². The fourth-order valence-corrected chi connectivity index (χ4v) is 2.82. The summed E-state index contributed by atoms with van der Waals surface area (Å²) in [5.41, 5.74) is 2.86. The molecule has 3 aromatic rings. The maximum Gasteiger partial charge on any atom is 0.274 e. The van der Waals surface area contributed by atoms with Crippen molar-refractivity contribution in [1.29, 1.82) is 0 Å². The normalized spacial score (nSPS) is 10.3. The lowest BCUT2D eigenvalue weighted by molar-refractivity contribution is 0.102. The van der Waals surface area contributed by atoms with Crippen LogP contribution in [0.4, 0.5) is 17.2 Å². The molecule has 0 fully saturated rings. The number of hydrogen-bond donors (Lipinski definition) is 2. The molecule has 0 atom stereocenters. The van der Waals surface area contributed by atoms with Gasteiger partial charge in [0.05, 0.1) is 19.9 Å². The van der Waals surface area contributed by atoms with Crippen molar-refractivity contribution in [1.82, 2.24) is 9.97 Å². The number of carbonyl (C=O) groups excluding carboxylic acids is 1. The Morgan fingerprint density at radius 1 is 1.00 bits per heavy atom. The van der Waals surface area contributed by atoms with E-state index in [1.54, 1.807) is 45.4 Å². The SMILES string of the molecule is CCc1ccc(NC(=O)c2cc(Nc3cc(OC)ccc3OC)nc(C)n2)cc1. The van der Waals surface area contributed by atoms with Gasteiger partial charge in [0.2, 0.25) is 0 Å². The third-order valence-electron chi connectivity index (χ3n) is 4.36. The van der Waals surface area contributed by atoms with Crippen LogP contribution in [0.2, 0.25) is 0 Å². The maximum absolute atomic E-state index is 12.7. The average molecular weight is 392 g/mol. The number of benzene rings is 2. The molecule has 0 spiro atoms. The van der Waals surface area contributed by atoms with Crippen molar-refractivity contribution in [2.45, 2.75) is 20.3 Å². The van der Waals surface area contributed by atoms with Gasteiger partial charge < -0.3 is 20.1 Å². The first-order valence-corrected chi connectivity index (χ1v) is 9.27. The van der Waals surface area contributed by atoms with Gasteiger partial charge in [-0.2, -0.15) is 0 Å². The number of ether oxygens (including phenoxy) is 2. The second kappa shape index (κ2) is 9.05. The Bertz CT molecular complexity index is 1000. The molecule has 0 saturated heterocycles. The van der Waals surface area contributed by atoms with Gasteiger partial charge in [-0.25, -0.2) is 9.97 Å². The molecule has 7 heteroatoms. The number of nitrogens with zero attached hydrogens (tertiary/aromatic N) is 2. The lowest BCUT2D eigenvalue weighted by Gasteiger charge is -2.13. The third kappa shape index (κ3) is 5.01. The minimum Gasteiger partial charge on any atom is -0.497 e. The van der Waals surface area contributed by atoms with Crippen molar-refractivity contribution < 1.29 is 14.3 Å². The van der Waals surface area contributed by atoms with Gasteiger partial charge in [-0.3, -0.25) is 4.79 Å². The Kier molecular flexibility index (Phi) is 6.29. The van der Waals surface area contributed by atoms with E-state index in [1.807, 2.05) is 24.3 Å². The van der Waals surface area contributed by atoms with E-state index in [-0.39, 0.29) is 11.6 Å². The molecular weight excluding hydrogens is 368 g/mol. The molecule has 2 aromatic carbocycles. The molecule has 150 valence electrons. The highest BCUT2D eigenvalue weighted by molar-refractivity contribution is 6.03. The molecule has 1 aromatic heterocycles. The summed E-state index contributed by atoms with van der Waals surface area (Å²) in [6, 6.07) is 14.7. The van der Waals surface area contributed by atoms with Gasteiger partial charge >= 0.3 is 0 Å². The molecule has 0 unspecified atom stereocenters. The molecule has 29 heavy (non-hydrogen) atoms. The zero-order chi connectivity index (χ0) is 20.8. The van der Waals surface area contributed by atoms with E-state index in [0.717, 1.165) is 6.42 Å². The number of anilines is 3. The second-order valence-electron chi connectivity index (χ2n) is 6.38. The summed E-state index contributed by atoms with van der Waals surface area (Å²) in [7, 11) is 3.18. The first-order valence-electron chi connectivity index (χ1n) is 9.27. The summed E-state index contributed by atoms with van der Waals surface area (Å²) in [5, 5.41) is 6.04. The van der Waals surface area contributed by atoms with Crippen LogP contribution in [0.25, 0.3) is 0 Å². The van der Waals surface area contributed by atoms with Crippen LogP contribution in [0.3, 0.4) is 0 Å². The third-order valence-corrected chi connectivity index (χ3v) is 4.36. The maximum atomic E-state index is 12.7. The Balaban J connectivity index is 1.83. The zero-order valence-corrected chi connectivity index (χ0v) is 16.9. The first kappa shape index (κ1) is 20.1. The second-order valence-corrected chi connectivity index (χ2v) is 6.38. The predicted molar refractivity (Wildman–Crippen MR) is 113 cm³/mol. The van der Waals surface area contributed by atoms with Crippen molar-refractivity contribution in [2.75, 3.05) is 24.9 Å². The van der Waals surface area contributed by atoms with Crippen LogP contribution in [-0.2, 0) is 6.42 Å². The monoisotopic (exact) mass is 392 g/mol. The molecule has 0 aliphatic carbocycles. The summed E-state index contributed by atoms with van der Waals surface area (Å²) >= 11 is 0. The summed E-state index contributed by atoms with van der Waals surface area (Å²) in [4.78, 5) is 21.3. The quantitative estimate of drug-likeness (QED) is 0.621. The lowest BCUT2D eigenvalue weighted by Crippen LogP contribution is -2.15. The Hall–Kier alpha value is -3.61. The van der Waals surface area contributed by atoms with Gasteiger partial charge in [0, 0.05) is 17.8 Å². The van der Waals surface area contributed by atoms with Crippen molar-refractivity contribution >= 4 is 23.1 Å². The van der Waals surface area contributed by atoms with Crippen LogP contribution in [-0.4, -0.2) is 30.1 Å². The number of nitrogens with one attached hydrogen (secondary N) is 2. The number of methoxy groups -OCH3 is 2. The molecule has 1 heterocycles. The van der Waals surface area contributed by atoms with Crippen molar-refractivity contribution in [3.05, 3.63) is 65.6 Å². The van der Waals surface area contributed by atoms with E-state index in [2.05, 4.69) is 27.5 Å². The fraction of sp³-hybridized carbons (Fsp3) is 0.227. The van der Waals surface area contributed by atoms with Gasteiger partial charge in [0.1, 0.15) is 28.8 Å². The molecule has 1 amide bonds. The lowest BCUT2D eigenvalue weighted by atomic mass is 10.1. The van der Waals surface area contributed by atoms with Crippen LogP contribution >= 0.6 is 0 Å². The fourth-order valence-electron chi connectivity index (χ4n) is 2.82. The molecular formula is C22H24N4O3. The summed E-state index contributed by atoms with van der Waals surface area (Å²) < 4.78 is 10.7. The van der Waals surface area contributed by atoms with E-state index >= 15 is 0 Å². The standard InChI is InChI=1S/C22H24N4O3/c1-5-15-6-8-16(9-7-15)25-22(27)19-13-21(24-14(2)23-19)26-18-12-17(28-3)10-11-20(18)29-4/h6-13H,5H2,1-4H3,(H,25,27)(H,23,24,26). The smallest absolute Gasteiger partial charge is 0.274 e. The number of aromatic nitrogens is 2. The van der Waals surface area contributed by atoms with E-state index < -0.39 is 0 Å². The first-order chi connectivity index (χ1) is 14.0. The largest absolute Gasteiger partial charge is 0.497 e. The van der Waals surface area contributed by atoms with Gasteiger partial charge in [0.25, 0.3) is 5.91 Å². The predicted octanol–water partition coefficient (Wildman–Crippen LogP) is 4.36. The highest BCUT2D eigenvalue weighted by Crippen LogP contribution is 2.31. The zero-order valence-electron chi connectivity index (χ0n) is 16.9. The molecule has 3 rings (SSSR count). The van der Waals surface area contributed by atoms with E-state index in [1.165, 1.54) is 5.56 Å². The number of carbonyl (C=O) groups is 1. The van der Waals surface area contributed by atoms with Gasteiger partial charge in [-0.15, -0.1) is 0 Å². The minimum atomic E-state index is -0.305. The summed E-state index contributed by atoms with van der Waals surface area (Å²) in [6.45, 7) is 3.82. The molecule has 2 N–H and O–H groups in total.